The molecule has 0 atom stereocenters. The minimum atomic E-state index is -0.450. The van der Waals surface area contributed by atoms with Crippen LogP contribution in [0.1, 0.15) is 52.0 Å². The van der Waals surface area contributed by atoms with E-state index < -0.39 is 5.54 Å². The number of aromatic nitrogens is 2. The molecule has 2 amide bonds. The molecule has 1 aliphatic carbocycles. The quantitative estimate of drug-likeness (QED) is 0.845. The molecule has 1 fully saturated rings. The number of nitrogens with zero attached hydrogens (tertiary/aromatic N) is 2. The van der Waals surface area contributed by atoms with Crippen LogP contribution in [0.4, 0.5) is 0 Å². The molecule has 136 valence electrons. The monoisotopic (exact) mass is 372 g/mol. The molecule has 2 aromatic rings. The van der Waals surface area contributed by atoms with Crippen molar-refractivity contribution in [3.05, 3.63) is 58.6 Å². The van der Waals surface area contributed by atoms with Gasteiger partial charge in [0.1, 0.15) is 0 Å². The second-order valence-electron chi connectivity index (χ2n) is 6.67. The topological polar surface area (TPSA) is 84.0 Å². The number of carbonyl (C=O) groups is 2. The first-order valence-corrected chi connectivity index (χ1v) is 8.99. The Bertz CT molecular complexity index is 819. The molecule has 0 spiro atoms. The van der Waals surface area contributed by atoms with Crippen LogP contribution in [0.2, 0.25) is 5.02 Å². The van der Waals surface area contributed by atoms with Gasteiger partial charge >= 0.3 is 0 Å². The number of nitrogens with one attached hydrogen (secondary N) is 2. The molecule has 1 saturated carbocycles. The SMILES string of the molecule is Cc1ccncc1C(=O)NC1(CNC(=O)c2ccncc2Cl)CCCC1. The first kappa shape index (κ1) is 18.3. The molecule has 3 rings (SSSR count). The Morgan fingerprint density at radius 1 is 1.08 bits per heavy atom. The number of aryl methyl sites for hydroxylation is 1. The van der Waals surface area contributed by atoms with E-state index in [1.807, 2.05) is 13.0 Å². The Balaban J connectivity index is 1.70. The Hall–Kier alpha value is -2.47. The average molecular weight is 373 g/mol. The van der Waals surface area contributed by atoms with Crippen LogP contribution in [-0.4, -0.2) is 33.9 Å². The molecule has 7 heteroatoms. The van der Waals surface area contributed by atoms with E-state index >= 15 is 0 Å². The van der Waals surface area contributed by atoms with Crippen molar-refractivity contribution < 1.29 is 9.59 Å². The number of halogens is 1. The second kappa shape index (κ2) is 7.83. The van der Waals surface area contributed by atoms with E-state index in [1.54, 1.807) is 18.5 Å². The summed E-state index contributed by atoms with van der Waals surface area (Å²) in [6, 6.07) is 3.39. The van der Waals surface area contributed by atoms with Crippen LogP contribution < -0.4 is 10.6 Å². The fourth-order valence-corrected chi connectivity index (χ4v) is 3.52. The maximum atomic E-state index is 12.7. The van der Waals surface area contributed by atoms with Crippen LogP contribution in [0.25, 0.3) is 0 Å². The normalized spacial score (nSPS) is 15.5. The van der Waals surface area contributed by atoms with Gasteiger partial charge < -0.3 is 10.6 Å². The van der Waals surface area contributed by atoms with Gasteiger partial charge in [0, 0.05) is 31.3 Å². The van der Waals surface area contributed by atoms with Gasteiger partial charge in [-0.2, -0.15) is 0 Å². The standard InChI is InChI=1S/C19H21ClN4O2/c1-13-4-8-21-10-15(13)18(26)24-19(6-2-3-7-19)12-23-17(25)14-5-9-22-11-16(14)20/h4-5,8-11H,2-3,6-7,12H2,1H3,(H,23,25)(H,24,26). The van der Waals surface area contributed by atoms with Gasteiger partial charge in [0.2, 0.25) is 0 Å². The predicted molar refractivity (Wildman–Crippen MR) is 99.2 cm³/mol. The lowest BCUT2D eigenvalue weighted by Gasteiger charge is -2.31. The summed E-state index contributed by atoms with van der Waals surface area (Å²) in [6.07, 6.45) is 9.87. The zero-order valence-corrected chi connectivity index (χ0v) is 15.3. The second-order valence-corrected chi connectivity index (χ2v) is 7.08. The fourth-order valence-electron chi connectivity index (χ4n) is 3.31. The van der Waals surface area contributed by atoms with Crippen molar-refractivity contribution in [1.82, 2.24) is 20.6 Å². The molecule has 26 heavy (non-hydrogen) atoms. The van der Waals surface area contributed by atoms with Gasteiger partial charge in [-0.25, -0.2) is 0 Å². The zero-order valence-electron chi connectivity index (χ0n) is 14.6. The number of rotatable bonds is 5. The summed E-state index contributed by atoms with van der Waals surface area (Å²) in [5, 5.41) is 6.35. The van der Waals surface area contributed by atoms with Crippen LogP contribution in [0.15, 0.2) is 36.9 Å². The molecule has 2 N–H and O–H groups in total. The first-order chi connectivity index (χ1) is 12.5. The highest BCUT2D eigenvalue weighted by Gasteiger charge is 2.36. The summed E-state index contributed by atoms with van der Waals surface area (Å²) in [5.41, 5.74) is 1.36. The van der Waals surface area contributed by atoms with Gasteiger partial charge in [-0.3, -0.25) is 19.6 Å². The van der Waals surface area contributed by atoms with Crippen LogP contribution in [0, 0.1) is 6.92 Å². The minimum Gasteiger partial charge on any atom is -0.350 e. The molecule has 0 aliphatic heterocycles. The molecule has 0 bridgehead atoms. The van der Waals surface area contributed by atoms with E-state index in [-0.39, 0.29) is 11.8 Å². The molecule has 1 aliphatic rings. The summed E-state index contributed by atoms with van der Waals surface area (Å²) < 4.78 is 0. The smallest absolute Gasteiger partial charge is 0.253 e. The van der Waals surface area contributed by atoms with Gasteiger partial charge in [0.15, 0.2) is 0 Å². The number of hydrogen-bond acceptors (Lipinski definition) is 4. The summed E-state index contributed by atoms with van der Waals surface area (Å²) in [4.78, 5) is 33.1. The van der Waals surface area contributed by atoms with Crippen LogP contribution in [-0.2, 0) is 0 Å². The van der Waals surface area contributed by atoms with Crippen molar-refractivity contribution in [3.8, 4) is 0 Å². The van der Waals surface area contributed by atoms with E-state index in [0.717, 1.165) is 31.2 Å². The third kappa shape index (κ3) is 4.02. The maximum absolute atomic E-state index is 12.7. The highest BCUT2D eigenvalue weighted by Crippen LogP contribution is 2.30. The van der Waals surface area contributed by atoms with E-state index in [1.165, 1.54) is 12.4 Å². The molecule has 0 radical (unpaired) electrons. The van der Waals surface area contributed by atoms with Crippen molar-refractivity contribution >= 4 is 23.4 Å². The summed E-state index contributed by atoms with van der Waals surface area (Å²) >= 11 is 6.03. The third-order valence-electron chi connectivity index (χ3n) is 4.83. The zero-order chi connectivity index (χ0) is 18.6. The molecule has 2 aromatic heterocycles. The van der Waals surface area contributed by atoms with Crippen molar-refractivity contribution in [2.24, 2.45) is 0 Å². The third-order valence-corrected chi connectivity index (χ3v) is 5.13. The molecule has 0 aromatic carbocycles. The number of hydrogen-bond donors (Lipinski definition) is 2. The largest absolute Gasteiger partial charge is 0.350 e. The Kier molecular flexibility index (Phi) is 5.52. The van der Waals surface area contributed by atoms with Crippen LogP contribution in [0.5, 0.6) is 0 Å². The molecular weight excluding hydrogens is 352 g/mol. The Labute approximate surface area is 157 Å². The lowest BCUT2D eigenvalue weighted by molar-refractivity contribution is 0.0866. The lowest BCUT2D eigenvalue weighted by Crippen LogP contribution is -2.54. The summed E-state index contributed by atoms with van der Waals surface area (Å²) in [7, 11) is 0. The molecule has 0 saturated heterocycles. The van der Waals surface area contributed by atoms with Crippen molar-refractivity contribution in [3.63, 3.8) is 0 Å². The van der Waals surface area contributed by atoms with Gasteiger partial charge in [-0.05, 0) is 37.5 Å². The maximum Gasteiger partial charge on any atom is 0.253 e. The van der Waals surface area contributed by atoms with E-state index in [9.17, 15) is 9.59 Å². The Morgan fingerprint density at radius 3 is 2.46 bits per heavy atom. The van der Waals surface area contributed by atoms with Crippen LogP contribution >= 0.6 is 11.6 Å². The average Bonchev–Trinajstić information content (AvgIpc) is 3.09. The molecular formula is C19H21ClN4O2. The van der Waals surface area contributed by atoms with E-state index in [4.69, 9.17) is 11.6 Å². The predicted octanol–water partition coefficient (Wildman–Crippen LogP) is 2.91. The first-order valence-electron chi connectivity index (χ1n) is 8.62. The minimum absolute atomic E-state index is 0.159. The summed E-state index contributed by atoms with van der Waals surface area (Å²) in [5.74, 6) is -0.427. The fraction of sp³-hybridized carbons (Fsp3) is 0.368. The highest BCUT2D eigenvalue weighted by molar-refractivity contribution is 6.33. The van der Waals surface area contributed by atoms with Crippen molar-refractivity contribution in [1.29, 1.82) is 0 Å². The summed E-state index contributed by atoms with van der Waals surface area (Å²) in [6.45, 7) is 2.24. The van der Waals surface area contributed by atoms with Gasteiger partial charge in [0.05, 0.1) is 21.7 Å². The molecule has 0 unspecified atom stereocenters. The van der Waals surface area contributed by atoms with E-state index in [2.05, 4.69) is 20.6 Å². The van der Waals surface area contributed by atoms with Gasteiger partial charge in [-0.1, -0.05) is 24.4 Å². The molecule has 6 nitrogen and oxygen atoms in total. The van der Waals surface area contributed by atoms with Crippen molar-refractivity contribution in [2.75, 3.05) is 6.54 Å². The van der Waals surface area contributed by atoms with Gasteiger partial charge in [-0.15, -0.1) is 0 Å². The molecule has 2 heterocycles. The number of pyridine rings is 2. The van der Waals surface area contributed by atoms with Gasteiger partial charge in [0.25, 0.3) is 11.8 Å². The number of amides is 2. The number of carbonyl (C=O) groups excluding carboxylic acids is 2. The Morgan fingerprint density at radius 2 is 1.77 bits per heavy atom. The van der Waals surface area contributed by atoms with Crippen LogP contribution in [0.3, 0.4) is 0 Å². The van der Waals surface area contributed by atoms with Crippen molar-refractivity contribution in [2.45, 2.75) is 38.1 Å². The van der Waals surface area contributed by atoms with E-state index in [0.29, 0.717) is 22.7 Å². The highest BCUT2D eigenvalue weighted by atomic mass is 35.5. The lowest BCUT2D eigenvalue weighted by atomic mass is 9.96.